The van der Waals surface area contributed by atoms with Gasteiger partial charge in [-0.1, -0.05) is 0 Å². The maximum atomic E-state index is 11.6. The van der Waals surface area contributed by atoms with E-state index in [0.29, 0.717) is 18.3 Å². The first-order valence-corrected chi connectivity index (χ1v) is 7.37. The quantitative estimate of drug-likeness (QED) is 0.327. The van der Waals surface area contributed by atoms with Gasteiger partial charge < -0.3 is 15.5 Å². The van der Waals surface area contributed by atoms with Crippen molar-refractivity contribution in [3.8, 4) is 0 Å². The Morgan fingerprint density at radius 2 is 1.67 bits per heavy atom. The summed E-state index contributed by atoms with van der Waals surface area (Å²) in [6.45, 7) is 4.84. The zero-order valence-corrected chi connectivity index (χ0v) is 13.7. The molecule has 4 rings (SSSR count). The Kier molecular flexibility index (Phi) is 3.19. The number of rotatable bonds is 3. The number of ether oxygens (including phenoxy) is 2. The van der Waals surface area contributed by atoms with E-state index in [9.17, 15) is 9.59 Å². The standard InChI is InChI=1S/C16H19O4.Rh/c1-3-13(18)20-15-6-12-4-11-5-14(7-15,19-10(2)17)8-16(11,12)9-15;/h11-12H,1,4-9H2,2H3;/q-1;. The van der Waals surface area contributed by atoms with E-state index in [1.165, 1.54) is 13.3 Å². The van der Waals surface area contributed by atoms with Gasteiger partial charge in [0, 0.05) is 32.8 Å². The average molecular weight is 378 g/mol. The smallest absolute Gasteiger partial charge is 0.303 e. The third-order valence-electron chi connectivity index (χ3n) is 6.19. The molecule has 0 aromatic rings. The van der Waals surface area contributed by atoms with Crippen LogP contribution in [0.25, 0.3) is 0 Å². The van der Waals surface area contributed by atoms with E-state index in [1.54, 1.807) is 0 Å². The molecule has 0 aromatic heterocycles. The third kappa shape index (κ3) is 1.89. The molecule has 0 aromatic carbocycles. The molecule has 5 heteroatoms. The van der Waals surface area contributed by atoms with Gasteiger partial charge in [0.1, 0.15) is 17.2 Å². The van der Waals surface area contributed by atoms with Crippen LogP contribution in [0.5, 0.6) is 0 Å². The van der Waals surface area contributed by atoms with Crippen molar-refractivity contribution in [3.05, 3.63) is 12.7 Å². The van der Waals surface area contributed by atoms with Gasteiger partial charge in [0.15, 0.2) is 0 Å². The second-order valence-corrected chi connectivity index (χ2v) is 7.33. The Bertz CT molecular complexity index is 532. The van der Waals surface area contributed by atoms with Crippen LogP contribution in [-0.2, 0) is 38.5 Å². The molecule has 5 atom stereocenters. The molecule has 21 heavy (non-hydrogen) atoms. The molecule has 0 heterocycles. The molecule has 1 radical (unpaired) electrons. The summed E-state index contributed by atoms with van der Waals surface area (Å²) in [4.78, 5) is 23.1. The van der Waals surface area contributed by atoms with Crippen LogP contribution in [0.3, 0.4) is 0 Å². The first kappa shape index (κ1) is 15.2. The van der Waals surface area contributed by atoms with Crippen molar-refractivity contribution in [3.63, 3.8) is 0 Å². The van der Waals surface area contributed by atoms with Gasteiger partial charge in [0.25, 0.3) is 0 Å². The Morgan fingerprint density at radius 3 is 2.19 bits per heavy atom. The molecular weight excluding hydrogens is 359 g/mol. The largest absolute Gasteiger partial charge is 0.483 e. The van der Waals surface area contributed by atoms with Crippen molar-refractivity contribution in [1.82, 2.24) is 0 Å². The predicted molar refractivity (Wildman–Crippen MR) is 69.3 cm³/mol. The maximum Gasteiger partial charge on any atom is 0.303 e. The molecule has 0 aliphatic heterocycles. The van der Waals surface area contributed by atoms with Gasteiger partial charge >= 0.3 is 5.97 Å². The van der Waals surface area contributed by atoms with Crippen molar-refractivity contribution in [1.29, 1.82) is 0 Å². The fraction of sp³-hybridized carbons (Fsp3) is 0.750. The van der Waals surface area contributed by atoms with E-state index in [-0.39, 0.29) is 30.9 Å². The maximum absolute atomic E-state index is 11.6. The van der Waals surface area contributed by atoms with E-state index >= 15 is 0 Å². The minimum absolute atomic E-state index is 0. The van der Waals surface area contributed by atoms with Gasteiger partial charge in [0.05, 0.1) is 0 Å². The van der Waals surface area contributed by atoms with Crippen LogP contribution in [0, 0.1) is 23.3 Å². The molecule has 0 N–H and O–H groups in total. The zero-order chi connectivity index (χ0) is 14.2. The van der Waals surface area contributed by atoms with Crippen molar-refractivity contribution in [2.75, 3.05) is 0 Å². The van der Waals surface area contributed by atoms with Crippen molar-refractivity contribution >= 4 is 11.9 Å². The Labute approximate surface area is 137 Å². The van der Waals surface area contributed by atoms with Crippen LogP contribution in [0.4, 0.5) is 0 Å². The number of carbonyl (C=O) groups excluding carboxylic acids is 2. The summed E-state index contributed by atoms with van der Waals surface area (Å²) in [7, 11) is 0. The summed E-state index contributed by atoms with van der Waals surface area (Å²) in [5, 5.41) is 0. The number of carbonyl (C=O) groups is 2. The SMILES string of the molecule is C=[C-]C(=O)OC12CC3CC4CC(OC(C)=O)(C1)CC43C2.[Rh]. The van der Waals surface area contributed by atoms with Crippen LogP contribution in [0.15, 0.2) is 6.58 Å². The second kappa shape index (κ2) is 4.41. The average Bonchev–Trinajstić information content (AvgIpc) is 2.62. The fourth-order valence-corrected chi connectivity index (χ4v) is 6.06. The number of esters is 2. The van der Waals surface area contributed by atoms with E-state index in [2.05, 4.69) is 12.7 Å². The van der Waals surface area contributed by atoms with E-state index in [0.717, 1.165) is 25.7 Å². The molecule has 117 valence electrons. The van der Waals surface area contributed by atoms with E-state index in [1.807, 2.05) is 0 Å². The monoisotopic (exact) mass is 378 g/mol. The van der Waals surface area contributed by atoms with Crippen molar-refractivity contribution < 1.29 is 38.5 Å². The molecule has 1 spiro atoms. The molecule has 5 unspecified atom stereocenters. The molecule has 4 aliphatic carbocycles. The van der Waals surface area contributed by atoms with Crippen LogP contribution in [0.1, 0.15) is 45.4 Å². The topological polar surface area (TPSA) is 52.6 Å². The summed E-state index contributed by atoms with van der Waals surface area (Å²) in [6, 6.07) is 0. The van der Waals surface area contributed by atoms with Gasteiger partial charge in [-0.15, -0.1) is 0 Å². The van der Waals surface area contributed by atoms with E-state index < -0.39 is 17.2 Å². The molecule has 0 saturated heterocycles. The molecule has 4 nitrogen and oxygen atoms in total. The molecule has 4 fully saturated rings. The van der Waals surface area contributed by atoms with E-state index in [4.69, 9.17) is 9.47 Å². The third-order valence-corrected chi connectivity index (χ3v) is 6.19. The summed E-state index contributed by atoms with van der Waals surface area (Å²) < 4.78 is 11.4. The number of fused-ring (bicyclic) bond motifs is 2. The minimum Gasteiger partial charge on any atom is -0.483 e. The number of hydrogen-bond acceptors (Lipinski definition) is 4. The molecule has 4 aliphatic rings. The second-order valence-electron chi connectivity index (χ2n) is 7.33. The summed E-state index contributed by atoms with van der Waals surface area (Å²) in [6.07, 6.45) is 7.91. The number of hydrogen-bond donors (Lipinski definition) is 0. The molecular formula is C16H19O4Rh-. The normalized spacial score (nSPS) is 47.9. The van der Waals surface area contributed by atoms with Crippen molar-refractivity contribution in [2.24, 2.45) is 17.3 Å². The van der Waals surface area contributed by atoms with Crippen molar-refractivity contribution in [2.45, 2.75) is 56.7 Å². The fourth-order valence-electron chi connectivity index (χ4n) is 6.06. The summed E-state index contributed by atoms with van der Waals surface area (Å²) >= 11 is 0. The van der Waals surface area contributed by atoms with Gasteiger partial charge in [-0.05, 0) is 49.4 Å². The molecule has 0 amide bonds. The van der Waals surface area contributed by atoms with Crippen LogP contribution < -0.4 is 0 Å². The zero-order valence-electron chi connectivity index (χ0n) is 12.1. The van der Waals surface area contributed by atoms with Gasteiger partial charge in [-0.2, -0.15) is 0 Å². The molecule has 4 saturated carbocycles. The Morgan fingerprint density at radius 1 is 1.10 bits per heavy atom. The summed E-state index contributed by atoms with van der Waals surface area (Å²) in [5.41, 5.74) is -0.595. The molecule has 3 bridgehead atoms. The van der Waals surface area contributed by atoms with Crippen LogP contribution in [0.2, 0.25) is 0 Å². The first-order valence-electron chi connectivity index (χ1n) is 7.37. The minimum atomic E-state index is -0.474. The van der Waals surface area contributed by atoms with Gasteiger partial charge in [-0.3, -0.25) is 16.2 Å². The predicted octanol–water partition coefficient (Wildman–Crippen LogP) is 2.17. The summed E-state index contributed by atoms with van der Waals surface area (Å²) in [5.74, 6) is 0.573. The Balaban J connectivity index is 0.00000132. The van der Waals surface area contributed by atoms with Crippen LogP contribution >= 0.6 is 0 Å². The van der Waals surface area contributed by atoms with Crippen LogP contribution in [-0.4, -0.2) is 23.1 Å². The Hall–Kier alpha value is -0.697. The van der Waals surface area contributed by atoms with Gasteiger partial charge in [0.2, 0.25) is 0 Å². The van der Waals surface area contributed by atoms with Gasteiger partial charge in [-0.25, -0.2) is 0 Å². The first-order chi connectivity index (χ1) is 9.41.